The minimum absolute atomic E-state index is 0.944. The van der Waals surface area contributed by atoms with Gasteiger partial charge in [0.1, 0.15) is 11.5 Å². The fourth-order valence-corrected chi connectivity index (χ4v) is 2.96. The van der Waals surface area contributed by atoms with Crippen molar-refractivity contribution < 1.29 is 9.47 Å². The van der Waals surface area contributed by atoms with E-state index in [4.69, 9.17) is 9.47 Å². The number of aryl methyl sites for hydroxylation is 2. The van der Waals surface area contributed by atoms with E-state index >= 15 is 0 Å². The van der Waals surface area contributed by atoms with Crippen molar-refractivity contribution in [3.63, 3.8) is 0 Å². The van der Waals surface area contributed by atoms with Gasteiger partial charge in [-0.1, -0.05) is 12.1 Å². The second kappa shape index (κ2) is 5.58. The number of fused-ring (bicyclic) bond motifs is 3. The van der Waals surface area contributed by atoms with E-state index in [1.165, 1.54) is 35.1 Å². The first-order valence-corrected chi connectivity index (χ1v) is 7.16. The first-order valence-electron chi connectivity index (χ1n) is 7.16. The molecule has 1 aliphatic rings. The van der Waals surface area contributed by atoms with E-state index in [0.717, 1.165) is 24.3 Å². The van der Waals surface area contributed by atoms with E-state index in [2.05, 4.69) is 36.4 Å². The van der Waals surface area contributed by atoms with Crippen molar-refractivity contribution in [2.75, 3.05) is 14.2 Å². The number of hydrogen-bond donors (Lipinski definition) is 0. The highest BCUT2D eigenvalue weighted by Gasteiger charge is 2.14. The predicted octanol–water partition coefficient (Wildman–Crippen LogP) is 4.25. The van der Waals surface area contributed by atoms with E-state index in [-0.39, 0.29) is 0 Å². The summed E-state index contributed by atoms with van der Waals surface area (Å²) in [5, 5.41) is 0. The maximum atomic E-state index is 5.36. The fourth-order valence-electron chi connectivity index (χ4n) is 2.96. The molecular weight excluding hydrogens is 248 g/mol. The Hall–Kier alpha value is -1.96. The third kappa shape index (κ3) is 2.38. The van der Waals surface area contributed by atoms with Crippen LogP contribution in [0.3, 0.4) is 0 Å². The van der Waals surface area contributed by atoms with Crippen molar-refractivity contribution in [1.29, 1.82) is 0 Å². The molecule has 0 bridgehead atoms. The Morgan fingerprint density at radius 1 is 0.700 bits per heavy atom. The second-order valence-corrected chi connectivity index (χ2v) is 5.25. The lowest BCUT2D eigenvalue weighted by molar-refractivity contribution is 0.413. The van der Waals surface area contributed by atoms with Gasteiger partial charge in [-0.25, -0.2) is 0 Å². The van der Waals surface area contributed by atoms with Crippen LogP contribution in [0.25, 0.3) is 11.1 Å². The van der Waals surface area contributed by atoms with E-state index < -0.39 is 0 Å². The van der Waals surface area contributed by atoms with Gasteiger partial charge in [-0.3, -0.25) is 0 Å². The van der Waals surface area contributed by atoms with E-state index in [1.807, 2.05) is 0 Å². The molecule has 0 unspecified atom stereocenters. The smallest absolute Gasteiger partial charge is 0.119 e. The van der Waals surface area contributed by atoms with Gasteiger partial charge < -0.3 is 9.47 Å². The molecule has 0 atom stereocenters. The molecule has 2 nitrogen and oxygen atoms in total. The number of rotatable bonds is 2. The average molecular weight is 268 g/mol. The van der Waals surface area contributed by atoms with Crippen LogP contribution in [0, 0.1) is 0 Å². The van der Waals surface area contributed by atoms with Gasteiger partial charge in [0.15, 0.2) is 0 Å². The zero-order chi connectivity index (χ0) is 13.9. The van der Waals surface area contributed by atoms with E-state index in [9.17, 15) is 0 Å². The molecule has 0 spiro atoms. The Balaban J connectivity index is 2.14. The Kier molecular flexibility index (Phi) is 3.64. The monoisotopic (exact) mass is 268 g/mol. The molecule has 0 aromatic heterocycles. The summed E-state index contributed by atoms with van der Waals surface area (Å²) in [6, 6.07) is 12.8. The molecule has 3 rings (SSSR count). The number of ether oxygens (including phenoxy) is 2. The molecule has 0 N–H and O–H groups in total. The average Bonchev–Trinajstić information content (AvgIpc) is 2.49. The summed E-state index contributed by atoms with van der Waals surface area (Å²) in [7, 11) is 3.45. The summed E-state index contributed by atoms with van der Waals surface area (Å²) in [6.45, 7) is 0. The molecule has 0 aliphatic heterocycles. The normalized spacial score (nSPS) is 13.7. The highest BCUT2D eigenvalue weighted by Crippen LogP contribution is 2.35. The van der Waals surface area contributed by atoms with Gasteiger partial charge in [-0.05, 0) is 72.2 Å². The third-order valence-corrected chi connectivity index (χ3v) is 4.06. The standard InChI is InChI=1S/C18H20O2/c1-19-15-7-9-17-13(11-15)5-3-4-6-14-12-16(20-2)8-10-18(14)17/h7-12H,3-6H2,1-2H3. The van der Waals surface area contributed by atoms with Crippen molar-refractivity contribution in [2.24, 2.45) is 0 Å². The summed E-state index contributed by atoms with van der Waals surface area (Å²) in [6.07, 6.45) is 4.68. The molecule has 20 heavy (non-hydrogen) atoms. The lowest BCUT2D eigenvalue weighted by Gasteiger charge is -2.19. The number of benzene rings is 2. The van der Waals surface area contributed by atoms with Crippen LogP contribution in [-0.4, -0.2) is 14.2 Å². The molecule has 0 saturated carbocycles. The number of methoxy groups -OCH3 is 2. The molecule has 2 aromatic carbocycles. The van der Waals surface area contributed by atoms with Crippen molar-refractivity contribution in [3.8, 4) is 22.6 Å². The van der Waals surface area contributed by atoms with Gasteiger partial charge in [-0.15, -0.1) is 0 Å². The zero-order valence-electron chi connectivity index (χ0n) is 12.1. The van der Waals surface area contributed by atoms with Gasteiger partial charge in [0, 0.05) is 0 Å². The predicted molar refractivity (Wildman–Crippen MR) is 81.6 cm³/mol. The van der Waals surface area contributed by atoms with Crippen molar-refractivity contribution in [1.82, 2.24) is 0 Å². The summed E-state index contributed by atoms with van der Waals surface area (Å²) in [5.74, 6) is 1.89. The molecule has 0 fully saturated rings. The molecule has 0 amide bonds. The molecule has 2 heteroatoms. The molecule has 0 radical (unpaired) electrons. The molecule has 2 aromatic rings. The molecule has 1 aliphatic carbocycles. The largest absolute Gasteiger partial charge is 0.497 e. The van der Waals surface area contributed by atoms with Crippen LogP contribution >= 0.6 is 0 Å². The van der Waals surface area contributed by atoms with Crippen LogP contribution in [0.15, 0.2) is 36.4 Å². The summed E-state index contributed by atoms with van der Waals surface area (Å²) in [5.41, 5.74) is 5.44. The SMILES string of the molecule is COc1ccc2c(c1)CCCCc1cc(OC)ccc1-2. The second-order valence-electron chi connectivity index (χ2n) is 5.25. The first-order chi connectivity index (χ1) is 9.81. The van der Waals surface area contributed by atoms with Crippen LogP contribution in [-0.2, 0) is 12.8 Å². The Bertz CT molecular complexity index is 561. The topological polar surface area (TPSA) is 18.5 Å². The van der Waals surface area contributed by atoms with Crippen LogP contribution in [0.1, 0.15) is 24.0 Å². The highest BCUT2D eigenvalue weighted by molar-refractivity contribution is 5.73. The van der Waals surface area contributed by atoms with Crippen molar-refractivity contribution in [3.05, 3.63) is 47.5 Å². The summed E-state index contributed by atoms with van der Waals surface area (Å²) >= 11 is 0. The Labute approximate surface area is 120 Å². The van der Waals surface area contributed by atoms with Crippen molar-refractivity contribution >= 4 is 0 Å². The van der Waals surface area contributed by atoms with Gasteiger partial charge in [0.25, 0.3) is 0 Å². The summed E-state index contributed by atoms with van der Waals surface area (Å²) in [4.78, 5) is 0. The van der Waals surface area contributed by atoms with Gasteiger partial charge in [0.05, 0.1) is 14.2 Å². The van der Waals surface area contributed by atoms with Crippen molar-refractivity contribution in [2.45, 2.75) is 25.7 Å². The van der Waals surface area contributed by atoms with Gasteiger partial charge in [-0.2, -0.15) is 0 Å². The van der Waals surface area contributed by atoms with Gasteiger partial charge >= 0.3 is 0 Å². The zero-order valence-corrected chi connectivity index (χ0v) is 12.1. The van der Waals surface area contributed by atoms with Gasteiger partial charge in [0.2, 0.25) is 0 Å². The quantitative estimate of drug-likeness (QED) is 0.810. The van der Waals surface area contributed by atoms with E-state index in [0.29, 0.717) is 0 Å². The summed E-state index contributed by atoms with van der Waals surface area (Å²) < 4.78 is 10.7. The van der Waals surface area contributed by atoms with Crippen LogP contribution < -0.4 is 9.47 Å². The first kappa shape index (κ1) is 13.0. The molecule has 0 saturated heterocycles. The van der Waals surface area contributed by atoms with Crippen LogP contribution in [0.2, 0.25) is 0 Å². The molecular formula is C18H20O2. The Morgan fingerprint density at radius 2 is 1.15 bits per heavy atom. The highest BCUT2D eigenvalue weighted by atomic mass is 16.5. The lowest BCUT2D eigenvalue weighted by Crippen LogP contribution is -2.01. The minimum Gasteiger partial charge on any atom is -0.497 e. The minimum atomic E-state index is 0.944. The fraction of sp³-hybridized carbons (Fsp3) is 0.333. The maximum absolute atomic E-state index is 5.36. The van der Waals surface area contributed by atoms with E-state index in [1.54, 1.807) is 14.2 Å². The van der Waals surface area contributed by atoms with Crippen LogP contribution in [0.4, 0.5) is 0 Å². The van der Waals surface area contributed by atoms with Crippen LogP contribution in [0.5, 0.6) is 11.5 Å². The maximum Gasteiger partial charge on any atom is 0.119 e. The third-order valence-electron chi connectivity index (χ3n) is 4.06. The molecule has 0 heterocycles. The lowest BCUT2D eigenvalue weighted by atomic mass is 9.87. The Morgan fingerprint density at radius 3 is 1.55 bits per heavy atom. The number of hydrogen-bond acceptors (Lipinski definition) is 2. The molecule has 104 valence electrons.